The molecule has 0 amide bonds. The van der Waals surface area contributed by atoms with Crippen LogP contribution in [0.25, 0.3) is 0 Å². The Morgan fingerprint density at radius 2 is 1.77 bits per heavy atom. The monoisotopic (exact) mass is 304 g/mol. The van der Waals surface area contributed by atoms with E-state index in [4.69, 9.17) is 0 Å². The van der Waals surface area contributed by atoms with Crippen molar-refractivity contribution in [3.63, 3.8) is 0 Å². The van der Waals surface area contributed by atoms with Crippen molar-refractivity contribution in [1.82, 2.24) is 15.5 Å². The van der Waals surface area contributed by atoms with Crippen molar-refractivity contribution in [3.05, 3.63) is 35.9 Å². The van der Waals surface area contributed by atoms with Crippen molar-refractivity contribution in [2.45, 2.75) is 39.3 Å². The molecule has 2 atom stereocenters. The van der Waals surface area contributed by atoms with Crippen LogP contribution in [0.15, 0.2) is 35.3 Å². The molecule has 1 aromatic carbocycles. The SMILES string of the molecule is CN=C(NCC(Cc1ccccc1)N(C)C)NC(C)C(C)C. The number of hydrogen-bond acceptors (Lipinski definition) is 2. The Morgan fingerprint density at radius 3 is 2.27 bits per heavy atom. The second kappa shape index (κ2) is 9.46. The van der Waals surface area contributed by atoms with Gasteiger partial charge >= 0.3 is 0 Å². The van der Waals surface area contributed by atoms with E-state index in [2.05, 4.69) is 85.7 Å². The van der Waals surface area contributed by atoms with E-state index < -0.39 is 0 Å². The van der Waals surface area contributed by atoms with E-state index in [1.165, 1.54) is 5.56 Å². The Bertz CT molecular complexity index is 440. The van der Waals surface area contributed by atoms with Gasteiger partial charge in [0.2, 0.25) is 0 Å². The number of rotatable bonds is 7. The minimum Gasteiger partial charge on any atom is -0.355 e. The van der Waals surface area contributed by atoms with E-state index in [9.17, 15) is 0 Å². The topological polar surface area (TPSA) is 39.7 Å². The molecule has 0 heterocycles. The molecular weight excluding hydrogens is 272 g/mol. The van der Waals surface area contributed by atoms with Crippen molar-refractivity contribution in [1.29, 1.82) is 0 Å². The molecule has 0 aliphatic heterocycles. The second-order valence-electron chi connectivity index (χ2n) is 6.44. The fourth-order valence-electron chi connectivity index (χ4n) is 2.11. The van der Waals surface area contributed by atoms with Gasteiger partial charge in [0.05, 0.1) is 0 Å². The lowest BCUT2D eigenvalue weighted by Crippen LogP contribution is -2.49. The van der Waals surface area contributed by atoms with Gasteiger partial charge in [0.1, 0.15) is 0 Å². The van der Waals surface area contributed by atoms with Gasteiger partial charge < -0.3 is 15.5 Å². The van der Waals surface area contributed by atoms with E-state index in [0.29, 0.717) is 18.0 Å². The lowest BCUT2D eigenvalue weighted by molar-refractivity contribution is 0.290. The van der Waals surface area contributed by atoms with Crippen LogP contribution in [0.2, 0.25) is 0 Å². The molecule has 0 saturated heterocycles. The first-order valence-corrected chi connectivity index (χ1v) is 8.11. The summed E-state index contributed by atoms with van der Waals surface area (Å²) in [6.07, 6.45) is 1.03. The number of likely N-dealkylation sites (N-methyl/N-ethyl adjacent to an activating group) is 1. The van der Waals surface area contributed by atoms with Crippen molar-refractivity contribution in [2.75, 3.05) is 27.7 Å². The average Bonchev–Trinajstić information content (AvgIpc) is 2.50. The summed E-state index contributed by atoms with van der Waals surface area (Å²) in [7, 11) is 6.08. The van der Waals surface area contributed by atoms with E-state index in [0.717, 1.165) is 18.9 Å². The molecule has 2 N–H and O–H groups in total. The van der Waals surface area contributed by atoms with Gasteiger partial charge in [0.25, 0.3) is 0 Å². The molecule has 0 aromatic heterocycles. The van der Waals surface area contributed by atoms with Crippen LogP contribution < -0.4 is 10.6 Å². The van der Waals surface area contributed by atoms with Gasteiger partial charge in [-0.05, 0) is 38.9 Å². The van der Waals surface area contributed by atoms with E-state index in [-0.39, 0.29) is 0 Å². The Hall–Kier alpha value is -1.55. The Kier molecular flexibility index (Phi) is 7.96. The van der Waals surface area contributed by atoms with E-state index in [1.807, 2.05) is 7.05 Å². The zero-order valence-electron chi connectivity index (χ0n) is 14.9. The summed E-state index contributed by atoms with van der Waals surface area (Å²) in [6.45, 7) is 7.48. The molecule has 4 nitrogen and oxygen atoms in total. The van der Waals surface area contributed by atoms with Gasteiger partial charge in [-0.1, -0.05) is 44.2 Å². The molecule has 22 heavy (non-hydrogen) atoms. The number of nitrogens with one attached hydrogen (secondary N) is 2. The minimum atomic E-state index is 0.401. The van der Waals surface area contributed by atoms with Gasteiger partial charge in [-0.2, -0.15) is 0 Å². The maximum atomic E-state index is 4.32. The molecule has 1 rings (SSSR count). The quantitative estimate of drug-likeness (QED) is 0.600. The molecule has 0 aliphatic carbocycles. The second-order valence-corrected chi connectivity index (χ2v) is 6.44. The van der Waals surface area contributed by atoms with Gasteiger partial charge in [-0.3, -0.25) is 4.99 Å². The summed E-state index contributed by atoms with van der Waals surface area (Å²) in [5.41, 5.74) is 1.36. The largest absolute Gasteiger partial charge is 0.355 e. The van der Waals surface area contributed by atoms with Crippen molar-refractivity contribution in [3.8, 4) is 0 Å². The number of guanidine groups is 1. The van der Waals surface area contributed by atoms with Crippen LogP contribution in [-0.4, -0.2) is 50.6 Å². The molecule has 0 radical (unpaired) electrons. The van der Waals surface area contributed by atoms with Crippen LogP contribution in [0.5, 0.6) is 0 Å². The summed E-state index contributed by atoms with van der Waals surface area (Å²) < 4.78 is 0. The smallest absolute Gasteiger partial charge is 0.191 e. The Morgan fingerprint density at radius 1 is 1.14 bits per heavy atom. The minimum absolute atomic E-state index is 0.401. The van der Waals surface area contributed by atoms with Crippen LogP contribution >= 0.6 is 0 Å². The predicted molar refractivity (Wildman–Crippen MR) is 96.4 cm³/mol. The van der Waals surface area contributed by atoms with Crippen LogP contribution in [0.1, 0.15) is 26.3 Å². The zero-order valence-corrected chi connectivity index (χ0v) is 14.9. The third-order valence-corrected chi connectivity index (χ3v) is 4.14. The molecule has 124 valence electrons. The molecule has 4 heteroatoms. The van der Waals surface area contributed by atoms with Gasteiger partial charge in [-0.15, -0.1) is 0 Å². The molecule has 2 unspecified atom stereocenters. The highest BCUT2D eigenvalue weighted by Gasteiger charge is 2.14. The molecule has 0 saturated carbocycles. The van der Waals surface area contributed by atoms with Crippen LogP contribution in [-0.2, 0) is 6.42 Å². The maximum absolute atomic E-state index is 4.32. The summed E-state index contributed by atoms with van der Waals surface area (Å²) in [6, 6.07) is 11.5. The maximum Gasteiger partial charge on any atom is 0.191 e. The first-order valence-electron chi connectivity index (χ1n) is 8.11. The standard InChI is InChI=1S/C18H32N4/c1-14(2)15(3)21-18(19-4)20-13-17(22(5)6)12-16-10-8-7-9-11-16/h7-11,14-15,17H,12-13H2,1-6H3,(H2,19,20,21). The van der Waals surface area contributed by atoms with Crippen molar-refractivity contribution >= 4 is 5.96 Å². The summed E-state index contributed by atoms with van der Waals surface area (Å²) in [5, 5.41) is 6.90. The summed E-state index contributed by atoms with van der Waals surface area (Å²) in [4.78, 5) is 6.59. The fraction of sp³-hybridized carbons (Fsp3) is 0.611. The van der Waals surface area contributed by atoms with Crippen LogP contribution in [0.4, 0.5) is 0 Å². The fourth-order valence-corrected chi connectivity index (χ4v) is 2.11. The van der Waals surface area contributed by atoms with Gasteiger partial charge in [0, 0.05) is 25.7 Å². The van der Waals surface area contributed by atoms with Crippen LogP contribution in [0.3, 0.4) is 0 Å². The van der Waals surface area contributed by atoms with Gasteiger partial charge in [0.15, 0.2) is 5.96 Å². The summed E-state index contributed by atoms with van der Waals surface area (Å²) >= 11 is 0. The molecule has 0 fully saturated rings. The third-order valence-electron chi connectivity index (χ3n) is 4.14. The lowest BCUT2D eigenvalue weighted by Gasteiger charge is -2.27. The predicted octanol–water partition coefficient (Wildman–Crippen LogP) is 2.37. The number of aliphatic imine (C=N–C) groups is 1. The first kappa shape index (κ1) is 18.5. The summed E-state index contributed by atoms with van der Waals surface area (Å²) in [5.74, 6) is 1.45. The molecule has 0 aliphatic rings. The Balaban J connectivity index is 2.56. The lowest BCUT2D eigenvalue weighted by atomic mass is 10.1. The van der Waals surface area contributed by atoms with Crippen LogP contribution in [0, 0.1) is 5.92 Å². The highest BCUT2D eigenvalue weighted by atomic mass is 15.2. The first-order chi connectivity index (χ1) is 10.4. The van der Waals surface area contributed by atoms with Crippen molar-refractivity contribution < 1.29 is 0 Å². The van der Waals surface area contributed by atoms with E-state index in [1.54, 1.807) is 0 Å². The number of benzene rings is 1. The third kappa shape index (κ3) is 6.48. The average molecular weight is 304 g/mol. The van der Waals surface area contributed by atoms with Gasteiger partial charge in [-0.25, -0.2) is 0 Å². The highest BCUT2D eigenvalue weighted by Crippen LogP contribution is 2.06. The van der Waals surface area contributed by atoms with E-state index >= 15 is 0 Å². The highest BCUT2D eigenvalue weighted by molar-refractivity contribution is 5.79. The van der Waals surface area contributed by atoms with Crippen molar-refractivity contribution in [2.24, 2.45) is 10.9 Å². The zero-order chi connectivity index (χ0) is 16.5. The number of nitrogens with zero attached hydrogens (tertiary/aromatic N) is 2. The molecule has 1 aromatic rings. The Labute approximate surface area is 136 Å². The molecular formula is C18H32N4. The number of hydrogen-bond donors (Lipinski definition) is 2. The molecule has 0 spiro atoms. The normalized spacial score (nSPS) is 15.0. The molecule has 0 bridgehead atoms.